The van der Waals surface area contributed by atoms with E-state index in [2.05, 4.69) is 15.0 Å². The van der Waals surface area contributed by atoms with Gasteiger partial charge in [0.15, 0.2) is 11.5 Å². The number of anilines is 2. The number of hydrogen-bond donors (Lipinski definition) is 2. The van der Waals surface area contributed by atoms with Crippen LogP contribution < -0.4 is 25.8 Å². The van der Waals surface area contributed by atoms with E-state index in [0.29, 0.717) is 60.2 Å². The molecule has 4 rings (SSSR count). The zero-order valence-corrected chi connectivity index (χ0v) is 15.7. The van der Waals surface area contributed by atoms with Crippen molar-refractivity contribution in [3.63, 3.8) is 0 Å². The number of methoxy groups -OCH3 is 2. The number of benzene rings is 1. The number of aromatic nitrogens is 4. The molecular weight excluding hydrogens is 362 g/mol. The first kappa shape index (κ1) is 17.8. The van der Waals surface area contributed by atoms with Crippen LogP contribution in [0, 0.1) is 0 Å². The van der Waals surface area contributed by atoms with Crippen molar-refractivity contribution >= 4 is 28.6 Å². The van der Waals surface area contributed by atoms with Crippen molar-refractivity contribution in [2.24, 2.45) is 5.73 Å². The van der Waals surface area contributed by atoms with E-state index in [4.69, 9.17) is 20.9 Å². The summed E-state index contributed by atoms with van der Waals surface area (Å²) < 4.78 is 12.6. The molecule has 0 aliphatic carbocycles. The fraction of sp³-hybridized carbons (Fsp3) is 0.333. The number of nitrogen functional groups attached to an aromatic ring is 1. The molecule has 3 aromatic rings. The minimum Gasteiger partial charge on any atom is -0.493 e. The van der Waals surface area contributed by atoms with Crippen LogP contribution in [0.3, 0.4) is 0 Å². The largest absolute Gasteiger partial charge is 0.493 e. The molecule has 4 N–H and O–H groups in total. The Morgan fingerprint density at radius 2 is 1.82 bits per heavy atom. The number of carbonyl (C=O) groups is 1. The molecule has 0 saturated carbocycles. The van der Waals surface area contributed by atoms with E-state index in [1.807, 2.05) is 9.47 Å². The first-order valence-electron chi connectivity index (χ1n) is 8.80. The van der Waals surface area contributed by atoms with E-state index in [-0.39, 0.29) is 5.69 Å². The lowest BCUT2D eigenvalue weighted by molar-refractivity contribution is 0.0996. The third-order valence-electron chi connectivity index (χ3n) is 4.83. The molecule has 0 saturated heterocycles. The van der Waals surface area contributed by atoms with Gasteiger partial charge in [-0.1, -0.05) is 0 Å². The number of carbonyl (C=O) groups excluding carboxylic acids is 1. The maximum Gasteiger partial charge on any atom is 0.268 e. The summed E-state index contributed by atoms with van der Waals surface area (Å²) in [4.78, 5) is 26.9. The van der Waals surface area contributed by atoms with Gasteiger partial charge in [0.25, 0.3) is 5.91 Å². The maximum absolute atomic E-state index is 11.3. The average molecular weight is 383 g/mol. The molecule has 0 fully saturated rings. The number of nitrogens with zero attached hydrogens (tertiary/aromatic N) is 5. The summed E-state index contributed by atoms with van der Waals surface area (Å²) in [6.45, 7) is 1.94. The molecule has 146 valence electrons. The molecular formula is C18H21N7O3. The Balaban J connectivity index is 1.65. The van der Waals surface area contributed by atoms with Gasteiger partial charge in [-0.25, -0.2) is 9.97 Å². The van der Waals surface area contributed by atoms with E-state index in [0.717, 1.165) is 5.82 Å². The van der Waals surface area contributed by atoms with E-state index in [1.54, 1.807) is 32.5 Å². The summed E-state index contributed by atoms with van der Waals surface area (Å²) in [6, 6.07) is 3.56. The Morgan fingerprint density at radius 3 is 2.54 bits per heavy atom. The lowest BCUT2D eigenvalue weighted by Gasteiger charge is -2.21. The SMILES string of the molecule is COc1cc2nc(N3CCc4nc(C(N)=O)cn4CC3)nc(N)c2cc1OC. The Bertz CT molecular complexity index is 1040. The van der Waals surface area contributed by atoms with Crippen molar-refractivity contribution in [3.05, 3.63) is 29.8 Å². The van der Waals surface area contributed by atoms with E-state index in [1.165, 1.54) is 0 Å². The van der Waals surface area contributed by atoms with Crippen molar-refractivity contribution in [1.29, 1.82) is 0 Å². The second-order valence-corrected chi connectivity index (χ2v) is 6.47. The number of nitrogens with two attached hydrogens (primary N) is 2. The molecule has 10 heteroatoms. The maximum atomic E-state index is 11.3. The number of rotatable bonds is 4. The van der Waals surface area contributed by atoms with E-state index in [9.17, 15) is 4.79 Å². The van der Waals surface area contributed by atoms with Gasteiger partial charge in [-0.3, -0.25) is 4.79 Å². The monoisotopic (exact) mass is 383 g/mol. The highest BCUT2D eigenvalue weighted by molar-refractivity contribution is 5.92. The van der Waals surface area contributed by atoms with Gasteiger partial charge < -0.3 is 30.4 Å². The third-order valence-corrected chi connectivity index (χ3v) is 4.83. The third kappa shape index (κ3) is 3.02. The van der Waals surface area contributed by atoms with Crippen LogP contribution in [-0.2, 0) is 13.0 Å². The summed E-state index contributed by atoms with van der Waals surface area (Å²) >= 11 is 0. The Morgan fingerprint density at radius 1 is 1.07 bits per heavy atom. The zero-order valence-electron chi connectivity index (χ0n) is 15.7. The molecule has 0 radical (unpaired) electrons. The van der Waals surface area contributed by atoms with Gasteiger partial charge in [0.2, 0.25) is 5.95 Å². The molecule has 0 atom stereocenters. The van der Waals surface area contributed by atoms with Crippen molar-refractivity contribution in [2.45, 2.75) is 13.0 Å². The lowest BCUT2D eigenvalue weighted by Crippen LogP contribution is -2.28. The molecule has 28 heavy (non-hydrogen) atoms. The highest BCUT2D eigenvalue weighted by atomic mass is 16.5. The van der Waals surface area contributed by atoms with Crippen LogP contribution in [0.15, 0.2) is 18.3 Å². The number of hydrogen-bond acceptors (Lipinski definition) is 8. The molecule has 0 spiro atoms. The van der Waals surface area contributed by atoms with Gasteiger partial charge in [-0.15, -0.1) is 0 Å². The van der Waals surface area contributed by atoms with Crippen molar-refractivity contribution in [1.82, 2.24) is 19.5 Å². The van der Waals surface area contributed by atoms with Gasteiger partial charge in [0.1, 0.15) is 17.3 Å². The van der Waals surface area contributed by atoms with Gasteiger partial charge >= 0.3 is 0 Å². The standard InChI is InChI=1S/C18H21N7O3/c1-27-13-7-10-11(8-14(13)28-2)22-18(23-16(10)19)24-4-3-15-21-12(17(20)26)9-25(15)6-5-24/h7-9H,3-6H2,1-2H3,(H2,20,26)(H2,19,22,23). The fourth-order valence-electron chi connectivity index (χ4n) is 3.35. The average Bonchev–Trinajstić information content (AvgIpc) is 3.00. The number of primary amides is 1. The van der Waals surface area contributed by atoms with Gasteiger partial charge in [0, 0.05) is 43.7 Å². The molecule has 1 amide bonds. The van der Waals surface area contributed by atoms with Crippen LogP contribution in [0.25, 0.3) is 10.9 Å². The smallest absolute Gasteiger partial charge is 0.268 e. The number of fused-ring (bicyclic) bond motifs is 2. The minimum atomic E-state index is -0.521. The van der Waals surface area contributed by atoms with Crippen molar-refractivity contribution in [2.75, 3.05) is 37.9 Å². The van der Waals surface area contributed by atoms with Crippen LogP contribution in [0.1, 0.15) is 16.3 Å². The summed E-state index contributed by atoms with van der Waals surface area (Å²) in [7, 11) is 3.14. The number of amides is 1. The molecule has 1 aliphatic rings. The second kappa shape index (κ2) is 6.87. The van der Waals surface area contributed by atoms with Gasteiger partial charge in [0.05, 0.1) is 19.7 Å². The summed E-state index contributed by atoms with van der Waals surface area (Å²) in [5, 5.41) is 0.704. The van der Waals surface area contributed by atoms with Gasteiger partial charge in [-0.05, 0) is 6.07 Å². The summed E-state index contributed by atoms with van der Waals surface area (Å²) in [5.74, 6) is 2.36. The zero-order chi connectivity index (χ0) is 19.8. The topological polar surface area (TPSA) is 134 Å². The minimum absolute atomic E-state index is 0.288. The quantitative estimate of drug-likeness (QED) is 0.668. The number of imidazole rings is 1. The van der Waals surface area contributed by atoms with Crippen LogP contribution in [0.5, 0.6) is 11.5 Å². The predicted molar refractivity (Wildman–Crippen MR) is 104 cm³/mol. The molecule has 10 nitrogen and oxygen atoms in total. The molecule has 1 aliphatic heterocycles. The van der Waals surface area contributed by atoms with Crippen LogP contribution in [0.4, 0.5) is 11.8 Å². The first-order valence-corrected chi connectivity index (χ1v) is 8.80. The van der Waals surface area contributed by atoms with Crippen molar-refractivity contribution in [3.8, 4) is 11.5 Å². The first-order chi connectivity index (χ1) is 13.5. The Kier molecular flexibility index (Phi) is 4.38. The van der Waals surface area contributed by atoms with Gasteiger partial charge in [-0.2, -0.15) is 4.98 Å². The molecule has 2 aromatic heterocycles. The van der Waals surface area contributed by atoms with Crippen LogP contribution in [0.2, 0.25) is 0 Å². The summed E-state index contributed by atoms with van der Waals surface area (Å²) in [6.07, 6.45) is 2.33. The Labute approximate surface area is 161 Å². The lowest BCUT2D eigenvalue weighted by atomic mass is 10.2. The number of ether oxygens (including phenoxy) is 2. The molecule has 3 heterocycles. The van der Waals surface area contributed by atoms with Crippen LogP contribution >= 0.6 is 0 Å². The highest BCUT2D eigenvalue weighted by Gasteiger charge is 2.21. The fourth-order valence-corrected chi connectivity index (χ4v) is 3.35. The van der Waals surface area contributed by atoms with E-state index >= 15 is 0 Å². The van der Waals surface area contributed by atoms with Crippen molar-refractivity contribution < 1.29 is 14.3 Å². The molecule has 0 bridgehead atoms. The predicted octanol–water partition coefficient (Wildman–Crippen LogP) is 0.587. The molecule has 1 aromatic carbocycles. The summed E-state index contributed by atoms with van der Waals surface area (Å²) in [5.41, 5.74) is 12.5. The second-order valence-electron chi connectivity index (χ2n) is 6.47. The normalized spacial score (nSPS) is 13.9. The Hall–Kier alpha value is -3.56. The highest BCUT2D eigenvalue weighted by Crippen LogP contribution is 2.34. The van der Waals surface area contributed by atoms with E-state index < -0.39 is 5.91 Å². The van der Waals surface area contributed by atoms with Crippen LogP contribution in [-0.4, -0.2) is 52.7 Å². The molecule has 0 unspecified atom stereocenters.